The van der Waals surface area contributed by atoms with Gasteiger partial charge in [-0.25, -0.2) is 4.79 Å². The molecular formula is C12H10BrN3O2S. The number of thiophene rings is 1. The van der Waals surface area contributed by atoms with Crippen molar-refractivity contribution >= 4 is 50.6 Å². The van der Waals surface area contributed by atoms with Crippen LogP contribution in [0.3, 0.4) is 0 Å². The highest BCUT2D eigenvalue weighted by Crippen LogP contribution is 2.24. The fourth-order valence-electron chi connectivity index (χ4n) is 1.46. The minimum absolute atomic E-state index is 0.210. The number of amides is 3. The second-order valence-corrected chi connectivity index (χ2v) is 5.39. The average Bonchev–Trinajstić information content (AvgIpc) is 2.75. The summed E-state index contributed by atoms with van der Waals surface area (Å²) in [5.74, 6) is -0.210. The lowest BCUT2D eigenvalue weighted by molar-refractivity contribution is 0.103. The van der Waals surface area contributed by atoms with Gasteiger partial charge < -0.3 is 16.4 Å². The third-order valence-corrected chi connectivity index (χ3v) is 4.05. The number of halogens is 1. The van der Waals surface area contributed by atoms with Crippen molar-refractivity contribution in [1.82, 2.24) is 0 Å². The molecule has 1 aromatic carbocycles. The highest BCUT2D eigenvalue weighted by Gasteiger charge is 2.11. The van der Waals surface area contributed by atoms with Crippen LogP contribution in [0.1, 0.15) is 9.67 Å². The monoisotopic (exact) mass is 339 g/mol. The van der Waals surface area contributed by atoms with Crippen LogP contribution in [0.2, 0.25) is 0 Å². The molecule has 1 heterocycles. The van der Waals surface area contributed by atoms with Crippen LogP contribution in [-0.2, 0) is 0 Å². The number of carbonyl (C=O) groups excluding carboxylic acids is 2. The number of hydrogen-bond acceptors (Lipinski definition) is 3. The largest absolute Gasteiger partial charge is 0.351 e. The number of benzene rings is 1. The quantitative estimate of drug-likeness (QED) is 0.801. The summed E-state index contributed by atoms with van der Waals surface area (Å²) in [6, 6.07) is 7.91. The Labute approximate surface area is 121 Å². The van der Waals surface area contributed by atoms with Gasteiger partial charge in [0.15, 0.2) is 0 Å². The van der Waals surface area contributed by atoms with E-state index in [1.54, 1.807) is 24.3 Å². The summed E-state index contributed by atoms with van der Waals surface area (Å²) < 4.78 is 0.751. The zero-order valence-corrected chi connectivity index (χ0v) is 12.0. The Hall–Kier alpha value is -1.86. The zero-order chi connectivity index (χ0) is 13.8. The predicted octanol–water partition coefficient (Wildman–Crippen LogP) is 3.25. The van der Waals surface area contributed by atoms with Gasteiger partial charge in [-0.2, -0.15) is 0 Å². The summed E-state index contributed by atoms with van der Waals surface area (Å²) in [5.41, 5.74) is 6.13. The van der Waals surface area contributed by atoms with Crippen LogP contribution in [0.4, 0.5) is 16.2 Å². The lowest BCUT2D eigenvalue weighted by atomic mass is 10.2. The van der Waals surface area contributed by atoms with E-state index >= 15 is 0 Å². The number of hydrogen-bond donors (Lipinski definition) is 3. The maximum absolute atomic E-state index is 12.0. The Kier molecular flexibility index (Phi) is 4.18. The first kappa shape index (κ1) is 13.6. The van der Waals surface area contributed by atoms with E-state index in [0.29, 0.717) is 16.3 Å². The molecule has 0 aliphatic carbocycles. The van der Waals surface area contributed by atoms with E-state index in [2.05, 4.69) is 26.6 Å². The Morgan fingerprint density at radius 2 is 1.84 bits per heavy atom. The van der Waals surface area contributed by atoms with Crippen molar-refractivity contribution in [2.75, 3.05) is 10.6 Å². The van der Waals surface area contributed by atoms with Gasteiger partial charge in [0.05, 0.1) is 0 Å². The molecule has 0 atom stereocenters. The smallest absolute Gasteiger partial charge is 0.316 e. The molecule has 2 aromatic rings. The second-order valence-electron chi connectivity index (χ2n) is 3.62. The van der Waals surface area contributed by atoms with Crippen LogP contribution < -0.4 is 16.4 Å². The molecule has 2 rings (SSSR count). The van der Waals surface area contributed by atoms with Gasteiger partial charge in [-0.05, 0) is 45.6 Å². The Balaban J connectivity index is 2.13. The molecule has 0 fully saturated rings. The summed E-state index contributed by atoms with van der Waals surface area (Å²) >= 11 is 4.65. The topological polar surface area (TPSA) is 84.2 Å². The van der Waals surface area contributed by atoms with Crippen molar-refractivity contribution in [2.24, 2.45) is 5.73 Å². The first-order valence-electron chi connectivity index (χ1n) is 5.27. The van der Waals surface area contributed by atoms with Crippen molar-refractivity contribution in [1.29, 1.82) is 0 Å². The van der Waals surface area contributed by atoms with Gasteiger partial charge in [-0.3, -0.25) is 4.79 Å². The number of rotatable bonds is 3. The van der Waals surface area contributed by atoms with Crippen LogP contribution in [0, 0.1) is 0 Å². The van der Waals surface area contributed by atoms with Gasteiger partial charge in [-0.1, -0.05) is 6.07 Å². The van der Waals surface area contributed by atoms with Gasteiger partial charge in [0, 0.05) is 15.8 Å². The van der Waals surface area contributed by atoms with E-state index in [0.717, 1.165) is 4.47 Å². The minimum Gasteiger partial charge on any atom is -0.351 e. The van der Waals surface area contributed by atoms with Crippen molar-refractivity contribution in [2.45, 2.75) is 0 Å². The van der Waals surface area contributed by atoms with E-state index in [-0.39, 0.29) is 5.91 Å². The molecule has 7 heteroatoms. The third kappa shape index (κ3) is 3.55. The van der Waals surface area contributed by atoms with Gasteiger partial charge in [0.1, 0.15) is 4.88 Å². The van der Waals surface area contributed by atoms with Crippen molar-refractivity contribution in [3.8, 4) is 0 Å². The summed E-state index contributed by atoms with van der Waals surface area (Å²) in [5, 5.41) is 7.02. The van der Waals surface area contributed by atoms with E-state index < -0.39 is 6.03 Å². The minimum atomic E-state index is -0.649. The Morgan fingerprint density at radius 3 is 2.42 bits per heavy atom. The molecule has 0 aliphatic heterocycles. The molecule has 19 heavy (non-hydrogen) atoms. The van der Waals surface area contributed by atoms with Crippen molar-refractivity contribution < 1.29 is 9.59 Å². The van der Waals surface area contributed by atoms with Gasteiger partial charge >= 0.3 is 6.03 Å². The maximum atomic E-state index is 12.0. The van der Waals surface area contributed by atoms with E-state index in [1.165, 1.54) is 11.3 Å². The van der Waals surface area contributed by atoms with Gasteiger partial charge in [0.2, 0.25) is 0 Å². The average molecular weight is 340 g/mol. The number of anilines is 2. The number of nitrogens with two attached hydrogens (primary N) is 1. The molecule has 98 valence electrons. The molecule has 0 bridgehead atoms. The fraction of sp³-hybridized carbons (Fsp3) is 0. The third-order valence-electron chi connectivity index (χ3n) is 2.21. The normalized spacial score (nSPS) is 9.95. The molecule has 0 saturated carbocycles. The summed E-state index contributed by atoms with van der Waals surface area (Å²) in [7, 11) is 0. The fourth-order valence-corrected chi connectivity index (χ4v) is 2.91. The standard InChI is InChI=1S/C12H10BrN3O2S/c13-9-4-5-19-10(9)11(17)15-7-2-1-3-8(6-7)16-12(14)18/h1-6H,(H,15,17)(H3,14,16,18). The molecule has 3 amide bonds. The molecule has 4 N–H and O–H groups in total. The summed E-state index contributed by atoms with van der Waals surface area (Å²) in [6.45, 7) is 0. The molecule has 5 nitrogen and oxygen atoms in total. The molecule has 0 saturated heterocycles. The summed E-state index contributed by atoms with van der Waals surface area (Å²) in [6.07, 6.45) is 0. The van der Waals surface area contributed by atoms with E-state index in [4.69, 9.17) is 5.73 Å². The highest BCUT2D eigenvalue weighted by molar-refractivity contribution is 9.10. The van der Waals surface area contributed by atoms with Crippen LogP contribution >= 0.6 is 27.3 Å². The van der Waals surface area contributed by atoms with Crippen LogP contribution in [0.15, 0.2) is 40.2 Å². The number of urea groups is 1. The van der Waals surface area contributed by atoms with Crippen LogP contribution in [0.25, 0.3) is 0 Å². The Morgan fingerprint density at radius 1 is 1.16 bits per heavy atom. The van der Waals surface area contributed by atoms with E-state index in [1.807, 2.05) is 11.4 Å². The van der Waals surface area contributed by atoms with Crippen molar-refractivity contribution in [3.05, 3.63) is 45.1 Å². The second kappa shape index (κ2) is 5.85. The first-order chi connectivity index (χ1) is 9.06. The molecule has 0 spiro atoms. The van der Waals surface area contributed by atoms with Crippen LogP contribution in [0.5, 0.6) is 0 Å². The molecule has 0 unspecified atom stereocenters. The van der Waals surface area contributed by atoms with Crippen LogP contribution in [-0.4, -0.2) is 11.9 Å². The predicted molar refractivity (Wildman–Crippen MR) is 79.6 cm³/mol. The number of primary amides is 1. The summed E-state index contributed by atoms with van der Waals surface area (Å²) in [4.78, 5) is 23.3. The number of nitrogens with one attached hydrogen (secondary N) is 2. The molecule has 1 aromatic heterocycles. The van der Waals surface area contributed by atoms with Crippen molar-refractivity contribution in [3.63, 3.8) is 0 Å². The molecule has 0 radical (unpaired) electrons. The number of carbonyl (C=O) groups is 2. The SMILES string of the molecule is NC(=O)Nc1cccc(NC(=O)c2sccc2Br)c1. The molecular weight excluding hydrogens is 330 g/mol. The Bertz CT molecular complexity index is 627. The maximum Gasteiger partial charge on any atom is 0.316 e. The van der Waals surface area contributed by atoms with E-state index in [9.17, 15) is 9.59 Å². The molecule has 0 aliphatic rings. The zero-order valence-electron chi connectivity index (χ0n) is 9.64. The lowest BCUT2D eigenvalue weighted by Crippen LogP contribution is -2.19. The van der Waals surface area contributed by atoms with Gasteiger partial charge in [-0.15, -0.1) is 11.3 Å². The lowest BCUT2D eigenvalue weighted by Gasteiger charge is -2.07. The highest BCUT2D eigenvalue weighted by atomic mass is 79.9. The first-order valence-corrected chi connectivity index (χ1v) is 6.94. The van der Waals surface area contributed by atoms with Gasteiger partial charge in [0.25, 0.3) is 5.91 Å².